The predicted octanol–water partition coefficient (Wildman–Crippen LogP) is 1.83. The molecule has 26 heavy (non-hydrogen) atoms. The van der Waals surface area contributed by atoms with Crippen molar-refractivity contribution < 1.29 is 19.4 Å². The SMILES string of the molecule is COc1ccccc1-c1cn[nH]c1-c1ccc(OCC(=O)NN)cc1O. The summed E-state index contributed by atoms with van der Waals surface area (Å²) in [6, 6.07) is 12.3. The highest BCUT2D eigenvalue weighted by Crippen LogP contribution is 2.39. The van der Waals surface area contributed by atoms with Crippen LogP contribution < -0.4 is 20.7 Å². The fourth-order valence-corrected chi connectivity index (χ4v) is 2.57. The van der Waals surface area contributed by atoms with Crippen molar-refractivity contribution in [3.05, 3.63) is 48.7 Å². The number of hydrogen-bond acceptors (Lipinski definition) is 6. The number of phenols is 1. The highest BCUT2D eigenvalue weighted by atomic mass is 16.5. The molecule has 0 aliphatic carbocycles. The maximum atomic E-state index is 11.1. The topological polar surface area (TPSA) is 122 Å². The molecule has 8 nitrogen and oxygen atoms in total. The van der Waals surface area contributed by atoms with E-state index in [-0.39, 0.29) is 12.4 Å². The second kappa shape index (κ2) is 7.58. The molecule has 1 heterocycles. The first-order valence-electron chi connectivity index (χ1n) is 7.76. The molecule has 0 aliphatic rings. The quantitative estimate of drug-likeness (QED) is 0.304. The summed E-state index contributed by atoms with van der Waals surface area (Å²) in [5.41, 5.74) is 4.78. The van der Waals surface area contributed by atoms with Gasteiger partial charge in [0.25, 0.3) is 5.91 Å². The van der Waals surface area contributed by atoms with Crippen LogP contribution in [0.1, 0.15) is 0 Å². The molecule has 0 saturated heterocycles. The maximum absolute atomic E-state index is 11.1. The Morgan fingerprint density at radius 2 is 2.04 bits per heavy atom. The number of benzene rings is 2. The summed E-state index contributed by atoms with van der Waals surface area (Å²) in [6.07, 6.45) is 1.67. The zero-order valence-electron chi connectivity index (χ0n) is 14.0. The second-order valence-electron chi connectivity index (χ2n) is 5.39. The summed E-state index contributed by atoms with van der Waals surface area (Å²) in [5, 5.41) is 17.4. The number of hydrogen-bond donors (Lipinski definition) is 4. The normalized spacial score (nSPS) is 10.4. The van der Waals surface area contributed by atoms with Gasteiger partial charge in [-0.15, -0.1) is 0 Å². The molecule has 3 rings (SSSR count). The number of H-pyrrole nitrogens is 1. The molecule has 1 amide bonds. The van der Waals surface area contributed by atoms with E-state index >= 15 is 0 Å². The summed E-state index contributed by atoms with van der Waals surface area (Å²) >= 11 is 0. The lowest BCUT2D eigenvalue weighted by Gasteiger charge is -2.11. The van der Waals surface area contributed by atoms with Crippen molar-refractivity contribution in [2.24, 2.45) is 5.84 Å². The Hall–Kier alpha value is -3.52. The van der Waals surface area contributed by atoms with Crippen LogP contribution in [-0.2, 0) is 4.79 Å². The molecule has 0 spiro atoms. The number of amides is 1. The van der Waals surface area contributed by atoms with E-state index in [0.29, 0.717) is 22.8 Å². The van der Waals surface area contributed by atoms with Crippen LogP contribution in [0.2, 0.25) is 0 Å². The molecular weight excluding hydrogens is 336 g/mol. The number of nitrogens with zero attached hydrogens (tertiary/aromatic N) is 1. The van der Waals surface area contributed by atoms with Crippen molar-refractivity contribution in [3.8, 4) is 39.6 Å². The Morgan fingerprint density at radius 3 is 2.77 bits per heavy atom. The largest absolute Gasteiger partial charge is 0.507 e. The van der Waals surface area contributed by atoms with Gasteiger partial charge in [-0.05, 0) is 18.2 Å². The number of aromatic hydroxyl groups is 1. The molecule has 0 bridgehead atoms. The molecule has 0 radical (unpaired) electrons. The van der Waals surface area contributed by atoms with E-state index in [2.05, 4.69) is 10.2 Å². The number of phenolic OH excluding ortho intramolecular Hbond substituents is 1. The van der Waals surface area contributed by atoms with Gasteiger partial charge in [0.2, 0.25) is 0 Å². The molecule has 0 unspecified atom stereocenters. The first-order valence-corrected chi connectivity index (χ1v) is 7.76. The standard InChI is InChI=1S/C18H18N4O4/c1-25-16-5-3-2-4-12(16)14-9-20-22-18(14)13-7-6-11(8-15(13)23)26-10-17(24)21-19/h2-9,23H,10,19H2,1H3,(H,20,22)(H,21,24). The van der Waals surface area contributed by atoms with Crippen LogP contribution in [0.4, 0.5) is 0 Å². The van der Waals surface area contributed by atoms with Gasteiger partial charge in [0, 0.05) is 22.8 Å². The Kier molecular flexibility index (Phi) is 5.04. The van der Waals surface area contributed by atoms with Crippen LogP contribution in [0, 0.1) is 0 Å². The van der Waals surface area contributed by atoms with Crippen LogP contribution in [0.3, 0.4) is 0 Å². The average molecular weight is 354 g/mol. The predicted molar refractivity (Wildman–Crippen MR) is 95.5 cm³/mol. The van der Waals surface area contributed by atoms with Crippen LogP contribution in [0.25, 0.3) is 22.4 Å². The van der Waals surface area contributed by atoms with Gasteiger partial charge >= 0.3 is 0 Å². The van der Waals surface area contributed by atoms with Crippen LogP contribution in [0.5, 0.6) is 17.2 Å². The minimum Gasteiger partial charge on any atom is -0.507 e. The van der Waals surface area contributed by atoms with Crippen LogP contribution in [-0.4, -0.2) is 34.9 Å². The van der Waals surface area contributed by atoms with E-state index in [1.165, 1.54) is 6.07 Å². The van der Waals surface area contributed by atoms with Crippen LogP contribution in [0.15, 0.2) is 48.7 Å². The number of carbonyl (C=O) groups excluding carboxylic acids is 1. The van der Waals surface area contributed by atoms with Gasteiger partial charge in [0.05, 0.1) is 19.0 Å². The van der Waals surface area contributed by atoms with Gasteiger partial charge in [-0.1, -0.05) is 18.2 Å². The average Bonchev–Trinajstić information content (AvgIpc) is 3.15. The molecular formula is C18H18N4O4. The number of rotatable bonds is 6. The van der Waals surface area contributed by atoms with Crippen molar-refractivity contribution in [2.75, 3.05) is 13.7 Å². The fraction of sp³-hybridized carbons (Fsp3) is 0.111. The Bertz CT molecular complexity index is 923. The molecule has 0 atom stereocenters. The van der Waals surface area contributed by atoms with Crippen molar-refractivity contribution in [2.45, 2.75) is 0 Å². The first kappa shape index (κ1) is 17.3. The van der Waals surface area contributed by atoms with E-state index < -0.39 is 5.91 Å². The second-order valence-corrected chi connectivity index (χ2v) is 5.39. The first-order chi connectivity index (χ1) is 12.6. The summed E-state index contributed by atoms with van der Waals surface area (Å²) in [6.45, 7) is -0.244. The molecule has 3 aromatic rings. The third kappa shape index (κ3) is 3.45. The van der Waals surface area contributed by atoms with Crippen LogP contribution >= 0.6 is 0 Å². The van der Waals surface area contributed by atoms with Gasteiger partial charge in [-0.2, -0.15) is 5.10 Å². The Balaban J connectivity index is 1.94. The zero-order chi connectivity index (χ0) is 18.5. The molecule has 5 N–H and O–H groups in total. The molecule has 0 saturated carbocycles. The number of carbonyl (C=O) groups is 1. The Labute approximate surface area is 149 Å². The number of para-hydroxylation sites is 1. The number of nitrogens with two attached hydrogens (primary N) is 1. The zero-order valence-corrected chi connectivity index (χ0v) is 14.0. The van der Waals surface area contributed by atoms with Crippen molar-refractivity contribution in [3.63, 3.8) is 0 Å². The molecule has 0 aliphatic heterocycles. The van der Waals surface area contributed by atoms with E-state index in [4.69, 9.17) is 15.3 Å². The minimum absolute atomic E-state index is 0.0175. The van der Waals surface area contributed by atoms with E-state index in [1.54, 1.807) is 25.4 Å². The highest BCUT2D eigenvalue weighted by molar-refractivity contribution is 5.85. The molecule has 0 fully saturated rings. The number of aromatic nitrogens is 2. The molecule has 2 aromatic carbocycles. The number of methoxy groups -OCH3 is 1. The van der Waals surface area contributed by atoms with E-state index in [9.17, 15) is 9.90 Å². The van der Waals surface area contributed by atoms with E-state index in [0.717, 1.165) is 11.1 Å². The fourth-order valence-electron chi connectivity index (χ4n) is 2.57. The monoisotopic (exact) mass is 354 g/mol. The van der Waals surface area contributed by atoms with Gasteiger partial charge < -0.3 is 14.6 Å². The lowest BCUT2D eigenvalue weighted by atomic mass is 10.0. The Morgan fingerprint density at radius 1 is 1.23 bits per heavy atom. The summed E-state index contributed by atoms with van der Waals surface area (Å²) < 4.78 is 10.7. The van der Waals surface area contributed by atoms with Gasteiger partial charge in [0.1, 0.15) is 17.2 Å². The maximum Gasteiger partial charge on any atom is 0.271 e. The van der Waals surface area contributed by atoms with Gasteiger partial charge in [0.15, 0.2) is 6.61 Å². The van der Waals surface area contributed by atoms with Crippen molar-refractivity contribution >= 4 is 5.91 Å². The van der Waals surface area contributed by atoms with Gasteiger partial charge in [-0.3, -0.25) is 15.3 Å². The number of aromatic amines is 1. The number of ether oxygens (including phenoxy) is 2. The van der Waals surface area contributed by atoms with Crippen molar-refractivity contribution in [1.29, 1.82) is 0 Å². The smallest absolute Gasteiger partial charge is 0.271 e. The molecule has 1 aromatic heterocycles. The highest BCUT2D eigenvalue weighted by Gasteiger charge is 2.16. The third-order valence-corrected chi connectivity index (χ3v) is 3.81. The summed E-state index contributed by atoms with van der Waals surface area (Å²) in [4.78, 5) is 11.1. The third-order valence-electron chi connectivity index (χ3n) is 3.81. The lowest BCUT2D eigenvalue weighted by Crippen LogP contribution is -2.34. The summed E-state index contributed by atoms with van der Waals surface area (Å²) in [5.74, 6) is 5.55. The molecule has 134 valence electrons. The number of nitrogens with one attached hydrogen (secondary N) is 2. The van der Waals surface area contributed by atoms with E-state index in [1.807, 2.05) is 29.7 Å². The van der Waals surface area contributed by atoms with Crippen molar-refractivity contribution in [1.82, 2.24) is 15.6 Å². The minimum atomic E-state index is -0.472. The number of hydrazine groups is 1. The van der Waals surface area contributed by atoms with Gasteiger partial charge in [-0.25, -0.2) is 5.84 Å². The lowest BCUT2D eigenvalue weighted by molar-refractivity contribution is -0.123. The molecule has 8 heteroatoms. The summed E-state index contributed by atoms with van der Waals surface area (Å²) in [7, 11) is 1.60.